The average Bonchev–Trinajstić information content (AvgIpc) is 3.16. The van der Waals surface area contributed by atoms with Crippen LogP contribution >= 0.6 is 0 Å². The Hall–Kier alpha value is -1.02. The summed E-state index contributed by atoms with van der Waals surface area (Å²) in [4.78, 5) is 0. The van der Waals surface area contributed by atoms with Gasteiger partial charge in [0.25, 0.3) is 0 Å². The van der Waals surface area contributed by atoms with Crippen molar-refractivity contribution in [1.82, 2.24) is 0 Å². The molecule has 0 radical (unpaired) electrons. The Morgan fingerprint density at radius 1 is 1.19 bits per heavy atom. The minimum atomic E-state index is 0.0995. The van der Waals surface area contributed by atoms with Crippen molar-refractivity contribution >= 4 is 0 Å². The standard InChI is InChI=1S/C19H30O2/c1-7-16-18(21-16)11-13(3)14-9-10-17(20-8-2)15(12-14)19(4,5)6/h9-10,12-13,16,18H,7-8,11H2,1-6H3. The largest absolute Gasteiger partial charge is 0.494 e. The summed E-state index contributed by atoms with van der Waals surface area (Å²) in [6, 6.07) is 6.69. The van der Waals surface area contributed by atoms with Crippen molar-refractivity contribution < 1.29 is 9.47 Å². The minimum Gasteiger partial charge on any atom is -0.494 e. The van der Waals surface area contributed by atoms with E-state index in [1.807, 2.05) is 6.92 Å². The van der Waals surface area contributed by atoms with Gasteiger partial charge in [-0.05, 0) is 48.3 Å². The predicted octanol–water partition coefficient (Wildman–Crippen LogP) is 5.05. The predicted molar refractivity (Wildman–Crippen MR) is 88.3 cm³/mol. The molecule has 2 rings (SSSR count). The Kier molecular flexibility index (Phi) is 4.98. The van der Waals surface area contributed by atoms with E-state index in [1.165, 1.54) is 11.1 Å². The van der Waals surface area contributed by atoms with E-state index in [4.69, 9.17) is 9.47 Å². The first kappa shape index (κ1) is 16.4. The molecule has 1 aromatic carbocycles. The molecule has 1 heterocycles. The van der Waals surface area contributed by atoms with Gasteiger partial charge in [-0.3, -0.25) is 0 Å². The molecule has 1 fully saturated rings. The molecule has 0 N–H and O–H groups in total. The van der Waals surface area contributed by atoms with Gasteiger partial charge in [0.15, 0.2) is 0 Å². The van der Waals surface area contributed by atoms with Crippen molar-refractivity contribution in [2.24, 2.45) is 0 Å². The van der Waals surface area contributed by atoms with Crippen LogP contribution in [0.2, 0.25) is 0 Å². The second-order valence-corrected chi connectivity index (χ2v) is 7.20. The zero-order valence-corrected chi connectivity index (χ0v) is 14.4. The molecular weight excluding hydrogens is 260 g/mol. The molecule has 2 heteroatoms. The van der Waals surface area contributed by atoms with Crippen LogP contribution in [0, 0.1) is 0 Å². The zero-order valence-electron chi connectivity index (χ0n) is 14.4. The summed E-state index contributed by atoms with van der Waals surface area (Å²) >= 11 is 0. The molecule has 0 aromatic heterocycles. The van der Waals surface area contributed by atoms with E-state index < -0.39 is 0 Å². The molecule has 0 spiro atoms. The molecule has 1 aliphatic heterocycles. The smallest absolute Gasteiger partial charge is 0.123 e. The summed E-state index contributed by atoms with van der Waals surface area (Å²) in [7, 11) is 0. The molecule has 0 bridgehead atoms. The third kappa shape index (κ3) is 4.00. The van der Waals surface area contributed by atoms with Crippen molar-refractivity contribution in [3.8, 4) is 5.75 Å². The lowest BCUT2D eigenvalue weighted by atomic mass is 9.83. The lowest BCUT2D eigenvalue weighted by molar-refractivity contribution is 0.329. The summed E-state index contributed by atoms with van der Waals surface area (Å²) < 4.78 is 11.5. The number of hydrogen-bond acceptors (Lipinski definition) is 2. The number of epoxide rings is 1. The van der Waals surface area contributed by atoms with Gasteiger partial charge in [0, 0.05) is 0 Å². The fourth-order valence-corrected chi connectivity index (χ4v) is 2.95. The van der Waals surface area contributed by atoms with Gasteiger partial charge in [0.2, 0.25) is 0 Å². The van der Waals surface area contributed by atoms with Crippen LogP contribution in [-0.4, -0.2) is 18.8 Å². The lowest BCUT2D eigenvalue weighted by Crippen LogP contribution is -2.14. The van der Waals surface area contributed by atoms with Gasteiger partial charge < -0.3 is 9.47 Å². The van der Waals surface area contributed by atoms with E-state index in [-0.39, 0.29) is 5.41 Å². The summed E-state index contributed by atoms with van der Waals surface area (Å²) in [5, 5.41) is 0. The first-order valence-corrected chi connectivity index (χ1v) is 8.29. The van der Waals surface area contributed by atoms with Crippen LogP contribution in [0.4, 0.5) is 0 Å². The SMILES string of the molecule is CCOc1ccc(C(C)CC2OC2CC)cc1C(C)(C)C. The molecule has 1 aliphatic rings. The van der Waals surface area contributed by atoms with Gasteiger partial charge in [-0.25, -0.2) is 0 Å². The molecular formula is C19H30O2. The maximum atomic E-state index is 5.80. The van der Waals surface area contributed by atoms with E-state index in [0.29, 0.717) is 24.7 Å². The van der Waals surface area contributed by atoms with Crippen molar-refractivity contribution in [3.63, 3.8) is 0 Å². The number of ether oxygens (including phenoxy) is 2. The third-order valence-electron chi connectivity index (χ3n) is 4.36. The second kappa shape index (κ2) is 6.39. The van der Waals surface area contributed by atoms with E-state index in [0.717, 1.165) is 18.6 Å². The van der Waals surface area contributed by atoms with Gasteiger partial charge in [0.1, 0.15) is 5.75 Å². The van der Waals surface area contributed by atoms with E-state index in [9.17, 15) is 0 Å². The zero-order chi connectivity index (χ0) is 15.6. The maximum absolute atomic E-state index is 5.80. The topological polar surface area (TPSA) is 21.8 Å². The molecule has 0 aliphatic carbocycles. The van der Waals surface area contributed by atoms with Crippen LogP contribution in [0.5, 0.6) is 5.75 Å². The molecule has 1 saturated heterocycles. The van der Waals surface area contributed by atoms with Crippen molar-refractivity contribution in [2.75, 3.05) is 6.61 Å². The quantitative estimate of drug-likeness (QED) is 0.683. The molecule has 0 saturated carbocycles. The van der Waals surface area contributed by atoms with Crippen LogP contribution < -0.4 is 4.74 Å². The van der Waals surface area contributed by atoms with Crippen LogP contribution in [0.25, 0.3) is 0 Å². The fourth-order valence-electron chi connectivity index (χ4n) is 2.95. The van der Waals surface area contributed by atoms with Crippen LogP contribution in [0.15, 0.2) is 18.2 Å². The molecule has 118 valence electrons. The van der Waals surface area contributed by atoms with Crippen LogP contribution in [0.3, 0.4) is 0 Å². The Morgan fingerprint density at radius 3 is 2.43 bits per heavy atom. The maximum Gasteiger partial charge on any atom is 0.123 e. The number of rotatable bonds is 6. The average molecular weight is 290 g/mol. The van der Waals surface area contributed by atoms with Gasteiger partial charge >= 0.3 is 0 Å². The Morgan fingerprint density at radius 2 is 1.90 bits per heavy atom. The first-order chi connectivity index (χ1) is 9.86. The summed E-state index contributed by atoms with van der Waals surface area (Å²) in [5.74, 6) is 1.55. The molecule has 2 nitrogen and oxygen atoms in total. The Balaban J connectivity index is 2.16. The van der Waals surface area contributed by atoms with E-state index in [2.05, 4.69) is 52.8 Å². The van der Waals surface area contributed by atoms with Crippen molar-refractivity contribution in [2.45, 2.75) is 77.9 Å². The third-order valence-corrected chi connectivity index (χ3v) is 4.36. The van der Waals surface area contributed by atoms with Crippen LogP contribution in [-0.2, 0) is 10.2 Å². The van der Waals surface area contributed by atoms with Crippen molar-refractivity contribution in [3.05, 3.63) is 29.3 Å². The Bertz CT molecular complexity index is 473. The van der Waals surface area contributed by atoms with Crippen LogP contribution in [0.1, 0.15) is 71.4 Å². The molecule has 21 heavy (non-hydrogen) atoms. The van der Waals surface area contributed by atoms with Gasteiger partial charge in [0.05, 0.1) is 18.8 Å². The number of benzene rings is 1. The number of hydrogen-bond donors (Lipinski definition) is 0. The van der Waals surface area contributed by atoms with Gasteiger partial charge in [-0.2, -0.15) is 0 Å². The van der Waals surface area contributed by atoms with E-state index >= 15 is 0 Å². The van der Waals surface area contributed by atoms with Gasteiger partial charge in [-0.1, -0.05) is 46.8 Å². The molecule has 3 unspecified atom stereocenters. The Labute approximate surface area is 129 Å². The molecule has 3 atom stereocenters. The second-order valence-electron chi connectivity index (χ2n) is 7.20. The van der Waals surface area contributed by atoms with E-state index in [1.54, 1.807) is 0 Å². The van der Waals surface area contributed by atoms with Gasteiger partial charge in [-0.15, -0.1) is 0 Å². The lowest BCUT2D eigenvalue weighted by Gasteiger charge is -2.24. The first-order valence-electron chi connectivity index (χ1n) is 8.29. The summed E-state index contributed by atoms with van der Waals surface area (Å²) in [6.45, 7) is 14.0. The van der Waals surface area contributed by atoms with Crippen molar-refractivity contribution in [1.29, 1.82) is 0 Å². The minimum absolute atomic E-state index is 0.0995. The highest BCUT2D eigenvalue weighted by Crippen LogP contribution is 2.38. The summed E-state index contributed by atoms with van der Waals surface area (Å²) in [6.07, 6.45) is 3.22. The highest BCUT2D eigenvalue weighted by Gasteiger charge is 2.37. The molecule has 0 amide bonds. The fraction of sp³-hybridized carbons (Fsp3) is 0.684. The summed E-state index contributed by atoms with van der Waals surface area (Å²) in [5.41, 5.74) is 2.80. The highest BCUT2D eigenvalue weighted by atomic mass is 16.6. The normalized spacial score (nSPS) is 23.0. The highest BCUT2D eigenvalue weighted by molar-refractivity contribution is 5.42. The monoisotopic (exact) mass is 290 g/mol. The molecule has 1 aromatic rings.